The number of amides is 3. The van der Waals surface area contributed by atoms with Crippen LogP contribution in [0.1, 0.15) is 90.4 Å². The maximum Gasteiger partial charge on any atom is 0.408 e. The molecule has 0 radical (unpaired) electrons. The number of carbonyl (C=O) groups excluding carboxylic acids is 3. The van der Waals surface area contributed by atoms with E-state index in [2.05, 4.69) is 25.9 Å². The van der Waals surface area contributed by atoms with E-state index in [0.717, 1.165) is 32.1 Å². The van der Waals surface area contributed by atoms with Crippen molar-refractivity contribution in [3.8, 4) is 0 Å². The van der Waals surface area contributed by atoms with Crippen LogP contribution in [0.5, 0.6) is 0 Å². The van der Waals surface area contributed by atoms with Crippen LogP contribution in [0.25, 0.3) is 0 Å². The van der Waals surface area contributed by atoms with Gasteiger partial charge in [0.05, 0.1) is 6.20 Å². The van der Waals surface area contributed by atoms with Gasteiger partial charge in [-0.25, -0.2) is 9.78 Å². The number of carboxylic acids is 1. The molecule has 3 rings (SSSR count). The fourth-order valence-electron chi connectivity index (χ4n) is 4.77. The van der Waals surface area contributed by atoms with Gasteiger partial charge in [-0.15, -0.1) is 0 Å². The molecule has 3 amide bonds. The third-order valence-corrected chi connectivity index (χ3v) is 6.80. The zero-order chi connectivity index (χ0) is 29.5. The summed E-state index contributed by atoms with van der Waals surface area (Å²) in [5.41, 5.74) is -1.54. The van der Waals surface area contributed by atoms with E-state index in [1.165, 1.54) is 6.20 Å². The molecule has 0 saturated heterocycles. The first-order valence-electron chi connectivity index (χ1n) is 13.7. The second-order valence-electron chi connectivity index (χ2n) is 11.9. The summed E-state index contributed by atoms with van der Waals surface area (Å²) in [5, 5.41) is 17.9. The Bertz CT molecular complexity index is 1180. The highest BCUT2D eigenvalue weighted by atomic mass is 16.6. The second kappa shape index (κ2) is 13.0. The fourth-order valence-corrected chi connectivity index (χ4v) is 4.77. The summed E-state index contributed by atoms with van der Waals surface area (Å²) in [7, 11) is 0. The van der Waals surface area contributed by atoms with E-state index in [0.29, 0.717) is 12.0 Å². The smallest absolute Gasteiger partial charge is 0.408 e. The lowest BCUT2D eigenvalue weighted by Gasteiger charge is -2.31. The molecule has 1 aromatic carbocycles. The molecule has 1 heterocycles. The molecule has 1 saturated carbocycles. The number of ether oxygens (including phenoxy) is 1. The normalized spacial score (nSPS) is 15.9. The Morgan fingerprint density at radius 1 is 1.05 bits per heavy atom. The zero-order valence-corrected chi connectivity index (χ0v) is 23.9. The first-order valence-corrected chi connectivity index (χ1v) is 13.7. The number of alkyl carbamates (subject to hydrolysis) is 1. The van der Waals surface area contributed by atoms with Gasteiger partial charge in [0.25, 0.3) is 0 Å². The number of nitrogens with zero attached hydrogens (tertiary/aromatic N) is 1. The first kappa shape index (κ1) is 30.6. The van der Waals surface area contributed by atoms with Gasteiger partial charge in [-0.05, 0) is 52.5 Å². The Morgan fingerprint density at radius 3 is 2.30 bits per heavy atom. The number of nitrogens with one attached hydrogen (secondary N) is 4. The van der Waals surface area contributed by atoms with E-state index in [9.17, 15) is 24.3 Å². The second-order valence-corrected chi connectivity index (χ2v) is 11.9. The van der Waals surface area contributed by atoms with E-state index in [4.69, 9.17) is 4.74 Å². The molecule has 1 aliphatic carbocycles. The van der Waals surface area contributed by atoms with Crippen molar-refractivity contribution in [3.63, 3.8) is 0 Å². The van der Waals surface area contributed by atoms with Crippen molar-refractivity contribution in [2.75, 3.05) is 5.32 Å². The Labute approximate surface area is 234 Å². The van der Waals surface area contributed by atoms with Crippen LogP contribution in [0.3, 0.4) is 0 Å². The number of aliphatic carboxylic acids is 1. The number of H-pyrrole nitrogens is 1. The lowest BCUT2D eigenvalue weighted by Crippen LogP contribution is -2.59. The minimum atomic E-state index is -1.35. The van der Waals surface area contributed by atoms with Crippen LogP contribution in [0.4, 0.5) is 10.6 Å². The number of carbonyl (C=O) groups is 4. The fraction of sp³-hybridized carbons (Fsp3) is 0.552. The summed E-state index contributed by atoms with van der Waals surface area (Å²) in [6.07, 6.45) is 6.27. The van der Waals surface area contributed by atoms with Crippen LogP contribution in [-0.4, -0.2) is 56.1 Å². The van der Waals surface area contributed by atoms with Crippen molar-refractivity contribution >= 4 is 29.7 Å². The molecule has 11 nitrogen and oxygen atoms in total. The lowest BCUT2D eigenvalue weighted by atomic mass is 9.84. The lowest BCUT2D eigenvalue weighted by molar-refractivity contribution is -0.137. The number of carboxylic acid groups (broad SMARTS) is 1. The molecule has 1 aliphatic rings. The van der Waals surface area contributed by atoms with Crippen LogP contribution in [0.2, 0.25) is 0 Å². The van der Waals surface area contributed by atoms with Gasteiger partial charge in [-0.3, -0.25) is 14.4 Å². The van der Waals surface area contributed by atoms with Crippen LogP contribution in [0, 0.1) is 5.92 Å². The van der Waals surface area contributed by atoms with Crippen LogP contribution >= 0.6 is 0 Å². The molecule has 2 aromatic rings. The quantitative estimate of drug-likeness (QED) is 0.291. The third kappa shape index (κ3) is 8.82. The molecule has 0 spiro atoms. The molecule has 40 heavy (non-hydrogen) atoms. The van der Waals surface area contributed by atoms with Gasteiger partial charge in [0.1, 0.15) is 34.7 Å². The Kier molecular flexibility index (Phi) is 9.94. The summed E-state index contributed by atoms with van der Waals surface area (Å²) in [6.45, 7) is 8.26. The number of imidazole rings is 1. The van der Waals surface area contributed by atoms with Crippen LogP contribution in [0.15, 0.2) is 36.5 Å². The van der Waals surface area contributed by atoms with Crippen molar-refractivity contribution in [2.45, 2.75) is 96.2 Å². The predicted octanol–water partition coefficient (Wildman–Crippen LogP) is 4.32. The molecule has 5 N–H and O–H groups in total. The van der Waals surface area contributed by atoms with E-state index in [-0.39, 0.29) is 17.6 Å². The molecule has 0 bridgehead atoms. The SMILES string of the molecule is CC(C)(C)OC(=O)NC(C)(C)C(=O)NC(CC1CCCCC1)C(=O)Nc1cnc(C(C(=O)O)c2ccccc2)[nH]1. The Balaban J connectivity index is 1.75. The monoisotopic (exact) mass is 555 g/mol. The van der Waals surface area contributed by atoms with Crippen molar-refractivity contribution in [2.24, 2.45) is 5.92 Å². The van der Waals surface area contributed by atoms with Crippen molar-refractivity contribution in [1.29, 1.82) is 0 Å². The van der Waals surface area contributed by atoms with Gasteiger partial charge in [0, 0.05) is 0 Å². The number of rotatable bonds is 10. The number of aromatic nitrogens is 2. The number of benzene rings is 1. The van der Waals surface area contributed by atoms with E-state index in [1.54, 1.807) is 65.0 Å². The molecule has 1 aromatic heterocycles. The predicted molar refractivity (Wildman–Crippen MR) is 150 cm³/mol. The first-order chi connectivity index (χ1) is 18.7. The van der Waals surface area contributed by atoms with Gasteiger partial charge in [0.2, 0.25) is 11.8 Å². The average Bonchev–Trinajstić information content (AvgIpc) is 3.30. The van der Waals surface area contributed by atoms with E-state index < -0.39 is 47.0 Å². The molecular weight excluding hydrogens is 514 g/mol. The largest absolute Gasteiger partial charge is 0.480 e. The summed E-state index contributed by atoms with van der Waals surface area (Å²) in [4.78, 5) is 58.1. The van der Waals surface area contributed by atoms with Crippen LogP contribution in [-0.2, 0) is 19.1 Å². The van der Waals surface area contributed by atoms with E-state index >= 15 is 0 Å². The zero-order valence-electron chi connectivity index (χ0n) is 23.9. The van der Waals surface area contributed by atoms with Crippen LogP contribution < -0.4 is 16.0 Å². The minimum absolute atomic E-state index is 0.171. The average molecular weight is 556 g/mol. The number of aromatic amines is 1. The maximum absolute atomic E-state index is 13.4. The van der Waals surface area contributed by atoms with Gasteiger partial charge in [-0.2, -0.15) is 0 Å². The number of anilines is 1. The molecule has 1 fully saturated rings. The number of hydrogen-bond acceptors (Lipinski definition) is 6. The summed E-state index contributed by atoms with van der Waals surface area (Å²) >= 11 is 0. The summed E-state index contributed by atoms with van der Waals surface area (Å²) in [5.74, 6) is -2.47. The molecule has 2 atom stereocenters. The van der Waals surface area contributed by atoms with Crippen molar-refractivity contribution in [1.82, 2.24) is 20.6 Å². The highest BCUT2D eigenvalue weighted by Gasteiger charge is 2.35. The van der Waals surface area contributed by atoms with Gasteiger partial charge in [-0.1, -0.05) is 62.4 Å². The molecule has 2 unspecified atom stereocenters. The summed E-state index contributed by atoms with van der Waals surface area (Å²) in [6, 6.07) is 7.79. The Morgan fingerprint density at radius 2 is 1.70 bits per heavy atom. The molecule has 11 heteroatoms. The van der Waals surface area contributed by atoms with Gasteiger partial charge >= 0.3 is 12.1 Å². The Hall–Kier alpha value is -3.89. The van der Waals surface area contributed by atoms with Crippen molar-refractivity contribution in [3.05, 3.63) is 47.9 Å². The minimum Gasteiger partial charge on any atom is -0.480 e. The standard InChI is InChI=1S/C29H41N5O6/c1-28(2,3)40-27(39)34-29(4,5)26(38)31-20(16-18-12-8-6-9-13-18)24(35)33-21-17-30-23(32-21)22(25(36)37)19-14-10-7-11-15-19/h7,10-11,14-15,17-18,20,22H,6,8-9,12-13,16H2,1-5H3,(H,30,32)(H,31,38)(H,33,35)(H,34,39)(H,36,37). The molecule has 0 aliphatic heterocycles. The van der Waals surface area contributed by atoms with Crippen molar-refractivity contribution < 1.29 is 29.0 Å². The highest BCUT2D eigenvalue weighted by molar-refractivity contribution is 5.98. The van der Waals surface area contributed by atoms with Gasteiger partial charge in [0.15, 0.2) is 0 Å². The van der Waals surface area contributed by atoms with E-state index in [1.807, 2.05) is 0 Å². The number of hydrogen-bond donors (Lipinski definition) is 5. The maximum atomic E-state index is 13.4. The van der Waals surface area contributed by atoms with Gasteiger partial charge < -0.3 is 30.8 Å². The highest BCUT2D eigenvalue weighted by Crippen LogP contribution is 2.28. The summed E-state index contributed by atoms with van der Waals surface area (Å²) < 4.78 is 5.28. The molecular formula is C29H41N5O6. The molecule has 218 valence electrons. The third-order valence-electron chi connectivity index (χ3n) is 6.80. The topological polar surface area (TPSA) is 163 Å².